The Labute approximate surface area is 183 Å². The van der Waals surface area contributed by atoms with Crippen LogP contribution in [0.3, 0.4) is 0 Å². The van der Waals surface area contributed by atoms with Crippen LogP contribution in [0.4, 0.5) is 5.69 Å². The molecule has 0 saturated heterocycles. The Morgan fingerprint density at radius 1 is 1.23 bits per heavy atom. The predicted octanol–water partition coefficient (Wildman–Crippen LogP) is 1.62. The predicted molar refractivity (Wildman–Crippen MR) is 116 cm³/mol. The molecule has 3 amide bonds. The molecule has 1 heterocycles. The molecule has 0 aliphatic carbocycles. The highest BCUT2D eigenvalue weighted by atomic mass is 16.5. The molecule has 2 rings (SSSR count). The second-order valence-corrected chi connectivity index (χ2v) is 7.96. The Morgan fingerprint density at radius 3 is 2.55 bits per heavy atom. The van der Waals surface area contributed by atoms with Crippen LogP contribution in [-0.4, -0.2) is 87.2 Å². The number of nitrogens with one attached hydrogen (secondary N) is 1. The van der Waals surface area contributed by atoms with Crippen LogP contribution in [0.15, 0.2) is 18.2 Å². The Hall–Kier alpha value is -2.65. The van der Waals surface area contributed by atoms with Crippen molar-refractivity contribution < 1.29 is 28.6 Å². The summed E-state index contributed by atoms with van der Waals surface area (Å²) in [5, 5.41) is 2.71. The first-order valence-corrected chi connectivity index (χ1v) is 10.3. The number of anilines is 1. The van der Waals surface area contributed by atoms with Crippen LogP contribution in [0, 0.1) is 5.92 Å². The first kappa shape index (κ1) is 24.6. The fraction of sp³-hybridized carbons (Fsp3) is 0.591. The van der Waals surface area contributed by atoms with Crippen LogP contribution in [0.5, 0.6) is 5.75 Å². The van der Waals surface area contributed by atoms with Crippen molar-refractivity contribution in [3.63, 3.8) is 0 Å². The number of ether oxygens (including phenoxy) is 3. The standard InChI is InChI=1S/C22H33N3O6/c1-14-10-25(16(3)26)15(2)12-31-19-9-17(23-21(27)13-29-5)7-8-18(19)22(28)24(4)11-20(14)30-6/h7-9,14-15,20H,10-13H2,1-6H3,(H,23,27)/t14-,15-,20-/m1/s1. The molecule has 0 radical (unpaired) electrons. The third-order valence-electron chi connectivity index (χ3n) is 5.41. The van der Waals surface area contributed by atoms with Crippen molar-refractivity contribution in [1.29, 1.82) is 0 Å². The minimum Gasteiger partial charge on any atom is -0.491 e. The van der Waals surface area contributed by atoms with Crippen LogP contribution < -0.4 is 10.1 Å². The van der Waals surface area contributed by atoms with E-state index in [4.69, 9.17) is 14.2 Å². The summed E-state index contributed by atoms with van der Waals surface area (Å²) in [6, 6.07) is 4.67. The van der Waals surface area contributed by atoms with Crippen LogP contribution in [0.25, 0.3) is 0 Å². The lowest BCUT2D eigenvalue weighted by Crippen LogP contribution is -2.48. The number of likely N-dealkylation sites (N-methyl/N-ethyl adjacent to an activating group) is 1. The summed E-state index contributed by atoms with van der Waals surface area (Å²) in [7, 11) is 4.75. The third kappa shape index (κ3) is 6.41. The summed E-state index contributed by atoms with van der Waals surface area (Å²) in [6.07, 6.45) is -0.237. The average molecular weight is 436 g/mol. The van der Waals surface area contributed by atoms with E-state index >= 15 is 0 Å². The maximum atomic E-state index is 13.1. The van der Waals surface area contributed by atoms with Crippen molar-refractivity contribution >= 4 is 23.4 Å². The summed E-state index contributed by atoms with van der Waals surface area (Å²) >= 11 is 0. The highest BCUT2D eigenvalue weighted by Crippen LogP contribution is 2.26. The van der Waals surface area contributed by atoms with Gasteiger partial charge in [-0.1, -0.05) is 6.92 Å². The largest absolute Gasteiger partial charge is 0.491 e. The highest BCUT2D eigenvalue weighted by molar-refractivity contribution is 5.98. The van der Waals surface area contributed by atoms with Crippen molar-refractivity contribution in [2.45, 2.75) is 32.9 Å². The minimum atomic E-state index is -0.313. The molecule has 31 heavy (non-hydrogen) atoms. The number of fused-ring (bicyclic) bond motifs is 1. The molecular formula is C22H33N3O6. The molecule has 3 atom stereocenters. The second-order valence-electron chi connectivity index (χ2n) is 7.96. The summed E-state index contributed by atoms with van der Waals surface area (Å²) in [6.45, 7) is 6.40. The topological polar surface area (TPSA) is 97.4 Å². The van der Waals surface area contributed by atoms with Crippen molar-refractivity contribution in [3.05, 3.63) is 23.8 Å². The van der Waals surface area contributed by atoms with Crippen molar-refractivity contribution in [2.24, 2.45) is 5.92 Å². The molecule has 0 spiro atoms. The Kier molecular flexibility index (Phi) is 8.82. The zero-order valence-electron chi connectivity index (χ0n) is 19.1. The van der Waals surface area contributed by atoms with E-state index in [2.05, 4.69) is 5.32 Å². The van der Waals surface area contributed by atoms with Gasteiger partial charge in [-0.3, -0.25) is 14.4 Å². The van der Waals surface area contributed by atoms with Gasteiger partial charge in [0, 0.05) is 59.0 Å². The molecule has 1 aliphatic rings. The summed E-state index contributed by atoms with van der Waals surface area (Å²) < 4.78 is 16.5. The van der Waals surface area contributed by atoms with E-state index < -0.39 is 0 Å². The number of benzene rings is 1. The number of hydrogen-bond acceptors (Lipinski definition) is 6. The van der Waals surface area contributed by atoms with Gasteiger partial charge in [-0.2, -0.15) is 0 Å². The van der Waals surface area contributed by atoms with Gasteiger partial charge >= 0.3 is 0 Å². The molecule has 1 aromatic rings. The van der Waals surface area contributed by atoms with E-state index in [1.54, 1.807) is 42.2 Å². The molecule has 1 aromatic carbocycles. The summed E-state index contributed by atoms with van der Waals surface area (Å²) in [5.41, 5.74) is 0.861. The average Bonchev–Trinajstić information content (AvgIpc) is 2.72. The quantitative estimate of drug-likeness (QED) is 0.772. The Balaban J connectivity index is 2.41. The fourth-order valence-corrected chi connectivity index (χ4v) is 3.62. The van der Waals surface area contributed by atoms with E-state index in [0.29, 0.717) is 30.1 Å². The molecule has 0 unspecified atom stereocenters. The van der Waals surface area contributed by atoms with Gasteiger partial charge in [-0.25, -0.2) is 0 Å². The lowest BCUT2D eigenvalue weighted by atomic mass is 10.0. The molecular weight excluding hydrogens is 402 g/mol. The highest BCUT2D eigenvalue weighted by Gasteiger charge is 2.29. The van der Waals surface area contributed by atoms with E-state index in [-0.39, 0.29) is 49.0 Å². The van der Waals surface area contributed by atoms with Crippen molar-refractivity contribution in [3.8, 4) is 5.75 Å². The molecule has 1 N–H and O–H groups in total. The normalized spacial score (nSPS) is 22.6. The first-order chi connectivity index (χ1) is 14.7. The number of amides is 3. The van der Waals surface area contributed by atoms with Gasteiger partial charge in [0.2, 0.25) is 11.8 Å². The molecule has 0 fully saturated rings. The maximum Gasteiger partial charge on any atom is 0.257 e. The number of methoxy groups -OCH3 is 2. The van der Waals surface area contributed by atoms with E-state index in [1.165, 1.54) is 14.0 Å². The zero-order chi connectivity index (χ0) is 23.1. The van der Waals surface area contributed by atoms with Gasteiger partial charge in [-0.15, -0.1) is 0 Å². The molecule has 0 aromatic heterocycles. The smallest absolute Gasteiger partial charge is 0.257 e. The third-order valence-corrected chi connectivity index (χ3v) is 5.41. The lowest BCUT2D eigenvalue weighted by Gasteiger charge is -2.35. The first-order valence-electron chi connectivity index (χ1n) is 10.3. The number of rotatable bonds is 4. The zero-order valence-corrected chi connectivity index (χ0v) is 19.1. The van der Waals surface area contributed by atoms with Crippen molar-refractivity contribution in [1.82, 2.24) is 9.80 Å². The van der Waals surface area contributed by atoms with Crippen LogP contribution in [0.2, 0.25) is 0 Å². The van der Waals surface area contributed by atoms with Crippen LogP contribution in [0.1, 0.15) is 31.1 Å². The van der Waals surface area contributed by atoms with Gasteiger partial charge < -0.3 is 29.3 Å². The van der Waals surface area contributed by atoms with Gasteiger partial charge in [0.15, 0.2) is 0 Å². The second kappa shape index (κ2) is 11.1. The van der Waals surface area contributed by atoms with E-state index in [0.717, 1.165) is 0 Å². The molecule has 0 saturated carbocycles. The van der Waals surface area contributed by atoms with Gasteiger partial charge in [0.25, 0.3) is 5.91 Å². The molecule has 1 aliphatic heterocycles. The van der Waals surface area contributed by atoms with Gasteiger partial charge in [0.1, 0.15) is 19.0 Å². The summed E-state index contributed by atoms with van der Waals surface area (Å²) in [5.74, 6) is -0.225. The number of nitrogens with zero attached hydrogens (tertiary/aromatic N) is 2. The molecule has 172 valence electrons. The minimum absolute atomic E-state index is 0.0175. The number of hydrogen-bond donors (Lipinski definition) is 1. The molecule has 9 heteroatoms. The van der Waals surface area contributed by atoms with E-state index in [1.807, 2.05) is 13.8 Å². The van der Waals surface area contributed by atoms with Gasteiger partial charge in [0.05, 0.1) is 17.7 Å². The van der Waals surface area contributed by atoms with Gasteiger partial charge in [-0.05, 0) is 19.1 Å². The SMILES string of the molecule is COCC(=O)Nc1ccc2c(c1)OC[C@@H](C)N(C(C)=O)C[C@@H](C)[C@H](OC)CN(C)C2=O. The summed E-state index contributed by atoms with van der Waals surface area (Å²) in [4.78, 5) is 40.6. The maximum absolute atomic E-state index is 13.1. The van der Waals surface area contributed by atoms with Crippen LogP contribution >= 0.6 is 0 Å². The number of carbonyl (C=O) groups excluding carboxylic acids is 3. The fourth-order valence-electron chi connectivity index (χ4n) is 3.62. The lowest BCUT2D eigenvalue weighted by molar-refractivity contribution is -0.133. The number of carbonyl (C=O) groups is 3. The van der Waals surface area contributed by atoms with Crippen LogP contribution in [-0.2, 0) is 19.1 Å². The molecule has 0 bridgehead atoms. The monoisotopic (exact) mass is 435 g/mol. The Bertz CT molecular complexity index is 799. The molecule has 9 nitrogen and oxygen atoms in total. The van der Waals surface area contributed by atoms with E-state index in [9.17, 15) is 14.4 Å². The Morgan fingerprint density at radius 2 is 1.94 bits per heavy atom. The van der Waals surface area contributed by atoms with Crippen molar-refractivity contribution in [2.75, 3.05) is 52.9 Å².